The van der Waals surface area contributed by atoms with Crippen molar-refractivity contribution in [1.29, 1.82) is 0 Å². The predicted molar refractivity (Wildman–Crippen MR) is 257 cm³/mol. The van der Waals surface area contributed by atoms with Gasteiger partial charge in [0.15, 0.2) is 0 Å². The zero-order valence-corrected chi connectivity index (χ0v) is 33.2. The fraction of sp³-hybridized carbons (Fsp3) is 0. The normalized spacial score (nSPS) is 11.6. The van der Waals surface area contributed by atoms with E-state index in [9.17, 15) is 0 Å². The summed E-state index contributed by atoms with van der Waals surface area (Å²) in [5.41, 5.74) is 15.7. The number of fused-ring (bicyclic) bond motifs is 8. The van der Waals surface area contributed by atoms with Crippen LogP contribution in [0.3, 0.4) is 0 Å². The Hall–Kier alpha value is -8.14. The number of furan rings is 1. The summed E-state index contributed by atoms with van der Waals surface area (Å²) in [4.78, 5) is 2.36. The maximum atomic E-state index is 6.33. The third kappa shape index (κ3) is 5.98. The molecular weight excluding hydrogens is 741 g/mol. The van der Waals surface area contributed by atoms with Gasteiger partial charge in [0.2, 0.25) is 0 Å². The van der Waals surface area contributed by atoms with Gasteiger partial charge in [-0.25, -0.2) is 0 Å². The number of hydrogen-bond acceptors (Lipinski definition) is 2. The molecule has 0 atom stereocenters. The second-order valence-electron chi connectivity index (χ2n) is 15.7. The lowest BCUT2D eigenvalue weighted by molar-refractivity contribution is 0.669. The van der Waals surface area contributed by atoms with Gasteiger partial charge in [0, 0.05) is 44.3 Å². The Bertz CT molecular complexity index is 3470. The van der Waals surface area contributed by atoms with Crippen molar-refractivity contribution >= 4 is 71.6 Å². The Morgan fingerprint density at radius 3 is 1.56 bits per heavy atom. The van der Waals surface area contributed by atoms with E-state index in [1.54, 1.807) is 0 Å². The number of nitrogens with zero attached hydrogens (tertiary/aromatic N) is 2. The highest BCUT2D eigenvalue weighted by molar-refractivity contribution is 6.23. The van der Waals surface area contributed by atoms with Crippen molar-refractivity contribution in [1.82, 2.24) is 4.57 Å². The van der Waals surface area contributed by atoms with Crippen LogP contribution in [0.2, 0.25) is 0 Å². The molecule has 0 amide bonds. The van der Waals surface area contributed by atoms with Crippen molar-refractivity contribution < 1.29 is 4.42 Å². The van der Waals surface area contributed by atoms with E-state index in [2.05, 4.69) is 234 Å². The third-order valence-electron chi connectivity index (χ3n) is 12.2. The number of anilines is 3. The second-order valence-corrected chi connectivity index (χ2v) is 15.7. The summed E-state index contributed by atoms with van der Waals surface area (Å²) in [5, 5.41) is 7.11. The van der Waals surface area contributed by atoms with Gasteiger partial charge in [-0.3, -0.25) is 0 Å². The van der Waals surface area contributed by atoms with Crippen molar-refractivity contribution in [2.45, 2.75) is 0 Å². The molecule has 2 heterocycles. The monoisotopic (exact) mass is 778 g/mol. The Kier molecular flexibility index (Phi) is 8.17. The van der Waals surface area contributed by atoms with Gasteiger partial charge in [0.1, 0.15) is 11.2 Å². The molecule has 0 bridgehead atoms. The number of hydrogen-bond donors (Lipinski definition) is 0. The number of aromatic nitrogens is 1. The van der Waals surface area contributed by atoms with Crippen LogP contribution in [0.15, 0.2) is 235 Å². The van der Waals surface area contributed by atoms with E-state index in [0.29, 0.717) is 0 Å². The molecule has 0 aliphatic carbocycles. The number of para-hydroxylation sites is 2. The van der Waals surface area contributed by atoms with Crippen molar-refractivity contribution in [3.8, 4) is 39.1 Å². The molecule has 0 spiro atoms. The largest absolute Gasteiger partial charge is 0.456 e. The Balaban J connectivity index is 1.01. The van der Waals surface area contributed by atoms with Crippen LogP contribution < -0.4 is 4.90 Å². The summed E-state index contributed by atoms with van der Waals surface area (Å²) in [5.74, 6) is 0. The van der Waals surface area contributed by atoms with Crippen LogP contribution in [0.1, 0.15) is 0 Å². The Morgan fingerprint density at radius 1 is 0.311 bits per heavy atom. The van der Waals surface area contributed by atoms with Crippen molar-refractivity contribution in [2.75, 3.05) is 4.90 Å². The fourth-order valence-corrected chi connectivity index (χ4v) is 9.24. The maximum absolute atomic E-state index is 6.33. The summed E-state index contributed by atoms with van der Waals surface area (Å²) in [6, 6.07) is 83.0. The van der Waals surface area contributed by atoms with Gasteiger partial charge in [0.25, 0.3) is 0 Å². The summed E-state index contributed by atoms with van der Waals surface area (Å²) in [7, 11) is 0. The quantitative estimate of drug-likeness (QED) is 0.161. The van der Waals surface area contributed by atoms with Gasteiger partial charge < -0.3 is 13.9 Å². The standard InChI is InChI=1S/C58H38N2O/c1-4-13-39(14-5-1)41-23-29-47(30-24-41)59(48-31-25-42(26-32-48)40-15-6-2-7-16-40)49-20-12-17-43(35-49)44-27-33-54-52(36-44)53-37-45-28-34-57-58(50-21-10-11-22-56(50)61-57)51(45)38-55(53)60(54)46-18-8-3-9-19-46/h1-38H. The molecule has 0 saturated carbocycles. The molecule has 0 fully saturated rings. The third-order valence-corrected chi connectivity index (χ3v) is 12.2. The zero-order valence-electron chi connectivity index (χ0n) is 33.2. The molecule has 12 aromatic rings. The van der Waals surface area contributed by atoms with Gasteiger partial charge in [-0.1, -0.05) is 146 Å². The molecule has 0 radical (unpaired) electrons. The molecule has 10 aromatic carbocycles. The SMILES string of the molecule is c1ccc(-c2ccc(N(c3ccc(-c4ccccc4)cc3)c3cccc(-c4ccc5c(c4)c4cc6ccc7oc8ccccc8c7c6cc4n5-c4ccccc4)c3)cc2)cc1. The number of benzene rings is 10. The molecule has 3 nitrogen and oxygen atoms in total. The van der Waals surface area contributed by atoms with Crippen molar-refractivity contribution in [3.05, 3.63) is 231 Å². The molecule has 0 aliphatic heterocycles. The molecule has 12 rings (SSSR count). The molecule has 286 valence electrons. The molecular formula is C58H38N2O. The lowest BCUT2D eigenvalue weighted by atomic mass is 9.99. The van der Waals surface area contributed by atoms with E-state index in [1.165, 1.54) is 54.8 Å². The van der Waals surface area contributed by atoms with Gasteiger partial charge in [-0.15, -0.1) is 0 Å². The lowest BCUT2D eigenvalue weighted by Crippen LogP contribution is -2.10. The van der Waals surface area contributed by atoms with Crippen LogP contribution in [-0.4, -0.2) is 4.57 Å². The van der Waals surface area contributed by atoms with E-state index in [-0.39, 0.29) is 0 Å². The topological polar surface area (TPSA) is 21.3 Å². The van der Waals surface area contributed by atoms with Gasteiger partial charge >= 0.3 is 0 Å². The predicted octanol–water partition coefficient (Wildman–Crippen LogP) is 16.3. The molecule has 0 saturated heterocycles. The first-order valence-electron chi connectivity index (χ1n) is 20.8. The first-order chi connectivity index (χ1) is 30.2. The van der Waals surface area contributed by atoms with E-state index < -0.39 is 0 Å². The summed E-state index contributed by atoms with van der Waals surface area (Å²) < 4.78 is 8.74. The van der Waals surface area contributed by atoms with Crippen molar-refractivity contribution in [3.63, 3.8) is 0 Å². The van der Waals surface area contributed by atoms with Crippen LogP contribution in [0.4, 0.5) is 17.1 Å². The first kappa shape index (κ1) is 34.9. The van der Waals surface area contributed by atoms with Gasteiger partial charge in [-0.2, -0.15) is 0 Å². The average Bonchev–Trinajstić information content (AvgIpc) is 3.88. The lowest BCUT2D eigenvalue weighted by Gasteiger charge is -2.26. The Labute approximate surface area is 353 Å². The highest BCUT2D eigenvalue weighted by Crippen LogP contribution is 2.43. The fourth-order valence-electron chi connectivity index (χ4n) is 9.24. The van der Waals surface area contributed by atoms with Gasteiger partial charge in [-0.05, 0) is 129 Å². The average molecular weight is 779 g/mol. The highest BCUT2D eigenvalue weighted by atomic mass is 16.3. The smallest absolute Gasteiger partial charge is 0.136 e. The molecule has 61 heavy (non-hydrogen) atoms. The van der Waals surface area contributed by atoms with Crippen LogP contribution in [0, 0.1) is 0 Å². The van der Waals surface area contributed by atoms with Crippen LogP contribution in [0.25, 0.3) is 93.6 Å². The van der Waals surface area contributed by atoms with Crippen LogP contribution in [-0.2, 0) is 0 Å². The molecule has 2 aromatic heterocycles. The highest BCUT2D eigenvalue weighted by Gasteiger charge is 2.19. The molecule has 0 N–H and O–H groups in total. The molecule has 0 unspecified atom stereocenters. The van der Waals surface area contributed by atoms with E-state index in [1.807, 2.05) is 6.07 Å². The summed E-state index contributed by atoms with van der Waals surface area (Å²) in [6.45, 7) is 0. The van der Waals surface area contributed by atoms with E-state index in [0.717, 1.165) is 55.8 Å². The van der Waals surface area contributed by atoms with Crippen LogP contribution >= 0.6 is 0 Å². The minimum Gasteiger partial charge on any atom is -0.456 e. The van der Waals surface area contributed by atoms with Gasteiger partial charge in [0.05, 0.1) is 11.0 Å². The second kappa shape index (κ2) is 14.3. The van der Waals surface area contributed by atoms with E-state index >= 15 is 0 Å². The first-order valence-corrected chi connectivity index (χ1v) is 20.8. The summed E-state index contributed by atoms with van der Waals surface area (Å²) >= 11 is 0. The minimum atomic E-state index is 0.908. The van der Waals surface area contributed by atoms with E-state index in [4.69, 9.17) is 4.42 Å². The Morgan fingerprint density at radius 2 is 0.869 bits per heavy atom. The van der Waals surface area contributed by atoms with Crippen LogP contribution in [0.5, 0.6) is 0 Å². The molecule has 0 aliphatic rings. The van der Waals surface area contributed by atoms with Crippen molar-refractivity contribution in [2.24, 2.45) is 0 Å². The number of rotatable bonds is 7. The molecule has 3 heteroatoms. The minimum absolute atomic E-state index is 0.908. The zero-order chi connectivity index (χ0) is 40.3. The maximum Gasteiger partial charge on any atom is 0.136 e. The summed E-state index contributed by atoms with van der Waals surface area (Å²) in [6.07, 6.45) is 0.